The molecule has 5 heteroatoms. The smallest absolute Gasteiger partial charge is 0.326 e. The minimum Gasteiger partial charge on any atom is -0.468 e. The Morgan fingerprint density at radius 3 is 3.22 bits per heavy atom. The number of esters is 1. The molecule has 1 aromatic rings. The van der Waals surface area contributed by atoms with Crippen molar-refractivity contribution < 1.29 is 9.53 Å². The van der Waals surface area contributed by atoms with Crippen molar-refractivity contribution in [3.05, 3.63) is 17.5 Å². The molecule has 3 nitrogen and oxygen atoms in total. The highest BCUT2D eigenvalue weighted by Crippen LogP contribution is 2.38. The Bertz CT molecular complexity index is 394. The minimum absolute atomic E-state index is 0.244. The van der Waals surface area contributed by atoms with E-state index in [1.54, 1.807) is 11.3 Å². The van der Waals surface area contributed by atoms with E-state index in [0.717, 1.165) is 31.4 Å². The second-order valence-electron chi connectivity index (χ2n) is 4.69. The van der Waals surface area contributed by atoms with E-state index in [0.29, 0.717) is 0 Å². The zero-order valence-corrected chi connectivity index (χ0v) is 12.2. The summed E-state index contributed by atoms with van der Waals surface area (Å²) in [6.45, 7) is 0. The molecule has 1 aliphatic carbocycles. The van der Waals surface area contributed by atoms with Crippen LogP contribution in [-0.4, -0.2) is 24.4 Å². The Morgan fingerprint density at radius 2 is 2.56 bits per heavy atom. The predicted octanol–water partition coefficient (Wildman–Crippen LogP) is 2.90. The van der Waals surface area contributed by atoms with Crippen molar-refractivity contribution in [2.45, 2.75) is 35.4 Å². The molecular weight excluding hydrogens is 266 g/mol. The molecule has 1 heterocycles. The SMILES string of the molecule is COC(=O)C1(N)CCCC1CCSc1cccs1. The third-order valence-electron chi connectivity index (χ3n) is 3.64. The summed E-state index contributed by atoms with van der Waals surface area (Å²) in [6, 6.07) is 4.18. The normalized spacial score (nSPS) is 27.3. The van der Waals surface area contributed by atoms with E-state index in [1.807, 2.05) is 11.8 Å². The molecule has 1 fully saturated rings. The summed E-state index contributed by atoms with van der Waals surface area (Å²) >= 11 is 3.60. The van der Waals surface area contributed by atoms with Gasteiger partial charge >= 0.3 is 5.97 Å². The summed E-state index contributed by atoms with van der Waals surface area (Å²) in [7, 11) is 1.42. The van der Waals surface area contributed by atoms with Crippen LogP contribution >= 0.6 is 23.1 Å². The molecule has 100 valence electrons. The largest absolute Gasteiger partial charge is 0.468 e. The summed E-state index contributed by atoms with van der Waals surface area (Å²) in [6.07, 6.45) is 3.80. The Labute approximate surface area is 116 Å². The number of methoxy groups -OCH3 is 1. The first-order chi connectivity index (χ1) is 8.66. The van der Waals surface area contributed by atoms with Crippen molar-refractivity contribution in [1.29, 1.82) is 0 Å². The molecule has 2 N–H and O–H groups in total. The monoisotopic (exact) mass is 285 g/mol. The van der Waals surface area contributed by atoms with Gasteiger partial charge in [0, 0.05) is 0 Å². The molecule has 0 amide bonds. The number of thioether (sulfide) groups is 1. The van der Waals surface area contributed by atoms with Gasteiger partial charge in [-0.1, -0.05) is 12.5 Å². The second kappa shape index (κ2) is 6.08. The maximum Gasteiger partial charge on any atom is 0.326 e. The fourth-order valence-corrected chi connectivity index (χ4v) is 4.53. The maximum absolute atomic E-state index is 11.8. The van der Waals surface area contributed by atoms with Crippen LogP contribution in [-0.2, 0) is 9.53 Å². The van der Waals surface area contributed by atoms with Crippen LogP contribution in [0.25, 0.3) is 0 Å². The number of carbonyl (C=O) groups excluding carboxylic acids is 1. The lowest BCUT2D eigenvalue weighted by Crippen LogP contribution is -2.51. The fraction of sp³-hybridized carbons (Fsp3) is 0.615. The minimum atomic E-state index is -0.745. The first-order valence-corrected chi connectivity index (χ1v) is 8.07. The van der Waals surface area contributed by atoms with Gasteiger partial charge in [0.2, 0.25) is 0 Å². The molecule has 0 aliphatic heterocycles. The van der Waals surface area contributed by atoms with Crippen molar-refractivity contribution in [3.8, 4) is 0 Å². The zero-order chi connectivity index (χ0) is 13.0. The topological polar surface area (TPSA) is 52.3 Å². The van der Waals surface area contributed by atoms with Gasteiger partial charge in [-0.2, -0.15) is 0 Å². The second-order valence-corrected chi connectivity index (χ2v) is 7.03. The predicted molar refractivity (Wildman–Crippen MR) is 75.9 cm³/mol. The van der Waals surface area contributed by atoms with Gasteiger partial charge in [0.05, 0.1) is 11.3 Å². The summed E-state index contributed by atoms with van der Waals surface area (Å²) in [4.78, 5) is 11.8. The van der Waals surface area contributed by atoms with Crippen LogP contribution in [0.5, 0.6) is 0 Å². The molecule has 1 aliphatic rings. The Balaban J connectivity index is 1.86. The fourth-order valence-electron chi connectivity index (χ4n) is 2.61. The van der Waals surface area contributed by atoms with E-state index in [2.05, 4.69) is 17.5 Å². The van der Waals surface area contributed by atoms with Gasteiger partial charge in [-0.25, -0.2) is 0 Å². The van der Waals surface area contributed by atoms with Gasteiger partial charge in [0.15, 0.2) is 0 Å². The van der Waals surface area contributed by atoms with Gasteiger partial charge < -0.3 is 10.5 Å². The lowest BCUT2D eigenvalue weighted by Gasteiger charge is -2.28. The molecule has 2 rings (SSSR count). The van der Waals surface area contributed by atoms with E-state index in [1.165, 1.54) is 11.3 Å². The lowest BCUT2D eigenvalue weighted by molar-refractivity contribution is -0.148. The summed E-state index contributed by atoms with van der Waals surface area (Å²) in [5, 5.41) is 2.08. The molecule has 18 heavy (non-hydrogen) atoms. The third-order valence-corrected chi connectivity index (χ3v) is 5.81. The zero-order valence-electron chi connectivity index (χ0n) is 10.6. The van der Waals surface area contributed by atoms with Crippen LogP contribution < -0.4 is 5.73 Å². The standard InChI is InChI=1S/C13H19NO2S2/c1-16-12(15)13(14)7-2-4-10(13)6-9-18-11-5-3-8-17-11/h3,5,8,10H,2,4,6-7,9,14H2,1H3. The molecule has 2 unspecified atom stereocenters. The van der Waals surface area contributed by atoms with E-state index in [9.17, 15) is 4.79 Å². The summed E-state index contributed by atoms with van der Waals surface area (Å²) in [5.41, 5.74) is 5.49. The quantitative estimate of drug-likeness (QED) is 0.667. The molecule has 0 aromatic carbocycles. The first-order valence-electron chi connectivity index (χ1n) is 6.20. The number of hydrogen-bond donors (Lipinski definition) is 1. The molecule has 0 bridgehead atoms. The Kier molecular flexibility index (Phi) is 4.70. The van der Waals surface area contributed by atoms with Crippen LogP contribution in [0.4, 0.5) is 0 Å². The van der Waals surface area contributed by atoms with Crippen molar-refractivity contribution in [3.63, 3.8) is 0 Å². The van der Waals surface area contributed by atoms with Gasteiger partial charge in [-0.3, -0.25) is 4.79 Å². The number of thiophene rings is 1. The van der Waals surface area contributed by atoms with Gasteiger partial charge in [0.1, 0.15) is 5.54 Å². The number of rotatable bonds is 5. The molecule has 0 spiro atoms. The van der Waals surface area contributed by atoms with Gasteiger partial charge in [0.25, 0.3) is 0 Å². The molecule has 2 atom stereocenters. The van der Waals surface area contributed by atoms with Crippen molar-refractivity contribution in [2.75, 3.05) is 12.9 Å². The van der Waals surface area contributed by atoms with Gasteiger partial charge in [-0.15, -0.1) is 23.1 Å². The maximum atomic E-state index is 11.8. The average molecular weight is 285 g/mol. The number of ether oxygens (including phenoxy) is 1. The van der Waals surface area contributed by atoms with Crippen molar-refractivity contribution in [1.82, 2.24) is 0 Å². The summed E-state index contributed by atoms with van der Waals surface area (Å²) in [5.74, 6) is 1.03. The highest BCUT2D eigenvalue weighted by atomic mass is 32.2. The Hall–Kier alpha value is -0.520. The average Bonchev–Trinajstić information content (AvgIpc) is 3.00. The van der Waals surface area contributed by atoms with Crippen LogP contribution in [0.1, 0.15) is 25.7 Å². The first kappa shape index (κ1) is 13.9. The van der Waals surface area contributed by atoms with E-state index >= 15 is 0 Å². The molecular formula is C13H19NO2S2. The molecule has 0 saturated heterocycles. The van der Waals surface area contributed by atoms with E-state index in [4.69, 9.17) is 10.5 Å². The third kappa shape index (κ3) is 2.90. The molecule has 0 radical (unpaired) electrons. The van der Waals surface area contributed by atoms with Crippen LogP contribution in [0.15, 0.2) is 21.7 Å². The van der Waals surface area contributed by atoms with Crippen LogP contribution in [0.2, 0.25) is 0 Å². The van der Waals surface area contributed by atoms with Crippen LogP contribution in [0.3, 0.4) is 0 Å². The van der Waals surface area contributed by atoms with E-state index in [-0.39, 0.29) is 11.9 Å². The summed E-state index contributed by atoms with van der Waals surface area (Å²) < 4.78 is 6.18. The Morgan fingerprint density at radius 1 is 1.72 bits per heavy atom. The number of carbonyl (C=O) groups is 1. The van der Waals surface area contributed by atoms with Gasteiger partial charge in [-0.05, 0) is 42.4 Å². The number of nitrogens with two attached hydrogens (primary N) is 1. The van der Waals surface area contributed by atoms with Crippen molar-refractivity contribution >= 4 is 29.1 Å². The highest BCUT2D eigenvalue weighted by Gasteiger charge is 2.46. The number of hydrogen-bond acceptors (Lipinski definition) is 5. The van der Waals surface area contributed by atoms with Crippen LogP contribution in [0, 0.1) is 5.92 Å². The van der Waals surface area contributed by atoms with Crippen molar-refractivity contribution in [2.24, 2.45) is 11.7 Å². The lowest BCUT2D eigenvalue weighted by atomic mass is 9.86. The molecule has 1 aromatic heterocycles. The highest BCUT2D eigenvalue weighted by molar-refractivity contribution is 8.01. The molecule has 1 saturated carbocycles. The van der Waals surface area contributed by atoms with E-state index < -0.39 is 5.54 Å².